The molecule has 2 rings (SSSR count). The molecule has 90 valence electrons. The number of nitrogens with zero attached hydrogens (tertiary/aromatic N) is 1. The second-order valence-corrected chi connectivity index (χ2v) is 4.28. The summed E-state index contributed by atoms with van der Waals surface area (Å²) < 4.78 is 26.9. The topological polar surface area (TPSA) is 24.9 Å². The molecular formula is C13H14F2N2. The SMILES string of the molecule is CNc1cc(C(C)C)nc2c(F)cc(F)cc12. The van der Waals surface area contributed by atoms with Crippen molar-refractivity contribution in [2.45, 2.75) is 19.8 Å². The first kappa shape index (κ1) is 11.8. The molecule has 0 saturated carbocycles. The van der Waals surface area contributed by atoms with Gasteiger partial charge in [0.15, 0.2) is 5.82 Å². The molecule has 1 aromatic carbocycles. The van der Waals surface area contributed by atoms with E-state index in [1.165, 1.54) is 6.07 Å². The molecule has 2 aromatic rings. The summed E-state index contributed by atoms with van der Waals surface area (Å²) in [5.74, 6) is -1.03. The van der Waals surface area contributed by atoms with Crippen molar-refractivity contribution < 1.29 is 8.78 Å². The third-order valence-corrected chi connectivity index (χ3v) is 2.71. The highest BCUT2D eigenvalue weighted by Crippen LogP contribution is 2.28. The van der Waals surface area contributed by atoms with Crippen molar-refractivity contribution in [1.29, 1.82) is 0 Å². The van der Waals surface area contributed by atoms with Crippen LogP contribution in [0.25, 0.3) is 10.9 Å². The normalized spacial score (nSPS) is 11.2. The first-order chi connectivity index (χ1) is 8.02. The molecule has 17 heavy (non-hydrogen) atoms. The van der Waals surface area contributed by atoms with Gasteiger partial charge in [-0.3, -0.25) is 0 Å². The summed E-state index contributed by atoms with van der Waals surface area (Å²) in [6, 6.07) is 3.98. The zero-order chi connectivity index (χ0) is 12.6. The maximum Gasteiger partial charge on any atom is 0.152 e. The largest absolute Gasteiger partial charge is 0.388 e. The van der Waals surface area contributed by atoms with Gasteiger partial charge in [0.1, 0.15) is 11.3 Å². The van der Waals surface area contributed by atoms with Gasteiger partial charge in [0.2, 0.25) is 0 Å². The highest BCUT2D eigenvalue weighted by molar-refractivity contribution is 5.91. The van der Waals surface area contributed by atoms with Crippen LogP contribution in [0.5, 0.6) is 0 Å². The molecule has 0 aliphatic heterocycles. The Morgan fingerprint density at radius 1 is 1.18 bits per heavy atom. The highest BCUT2D eigenvalue weighted by atomic mass is 19.1. The monoisotopic (exact) mass is 236 g/mol. The van der Waals surface area contributed by atoms with Crippen molar-refractivity contribution in [3.63, 3.8) is 0 Å². The lowest BCUT2D eigenvalue weighted by atomic mass is 10.1. The van der Waals surface area contributed by atoms with E-state index in [4.69, 9.17) is 0 Å². The van der Waals surface area contributed by atoms with Gasteiger partial charge in [0.05, 0.1) is 0 Å². The second-order valence-electron chi connectivity index (χ2n) is 4.28. The van der Waals surface area contributed by atoms with Crippen LogP contribution in [0, 0.1) is 11.6 Å². The number of rotatable bonds is 2. The number of benzene rings is 1. The van der Waals surface area contributed by atoms with Gasteiger partial charge in [-0.15, -0.1) is 0 Å². The average Bonchev–Trinajstić information content (AvgIpc) is 2.27. The van der Waals surface area contributed by atoms with Gasteiger partial charge in [-0.25, -0.2) is 13.8 Å². The van der Waals surface area contributed by atoms with Crippen LogP contribution in [0.2, 0.25) is 0 Å². The number of fused-ring (bicyclic) bond motifs is 1. The van der Waals surface area contributed by atoms with E-state index in [9.17, 15) is 8.78 Å². The standard InChI is InChI=1S/C13H14F2N2/c1-7(2)11-6-12(16-3)9-4-8(14)5-10(15)13(9)17-11/h4-7H,1-3H3,(H,16,17). The van der Waals surface area contributed by atoms with Gasteiger partial charge in [-0.2, -0.15) is 0 Å². The third kappa shape index (κ3) is 2.07. The van der Waals surface area contributed by atoms with Crippen LogP contribution < -0.4 is 5.32 Å². The first-order valence-corrected chi connectivity index (χ1v) is 5.50. The molecule has 4 heteroatoms. The summed E-state index contributed by atoms with van der Waals surface area (Å²) >= 11 is 0. The fourth-order valence-corrected chi connectivity index (χ4v) is 1.77. The van der Waals surface area contributed by atoms with Gasteiger partial charge < -0.3 is 5.32 Å². The molecule has 1 heterocycles. The summed E-state index contributed by atoms with van der Waals surface area (Å²) in [5, 5.41) is 3.41. The van der Waals surface area contributed by atoms with Gasteiger partial charge in [-0.1, -0.05) is 13.8 Å². The predicted molar refractivity (Wildman–Crippen MR) is 65.3 cm³/mol. The Hall–Kier alpha value is -1.71. The quantitative estimate of drug-likeness (QED) is 0.860. The fourth-order valence-electron chi connectivity index (χ4n) is 1.77. The highest BCUT2D eigenvalue weighted by Gasteiger charge is 2.12. The van der Waals surface area contributed by atoms with Crippen molar-refractivity contribution in [1.82, 2.24) is 4.98 Å². The number of hydrogen-bond acceptors (Lipinski definition) is 2. The van der Waals surface area contributed by atoms with Gasteiger partial charge in [0, 0.05) is 29.9 Å². The van der Waals surface area contributed by atoms with E-state index in [2.05, 4.69) is 10.3 Å². The molecule has 1 N–H and O–H groups in total. The van der Waals surface area contributed by atoms with Gasteiger partial charge in [0.25, 0.3) is 0 Å². The molecular weight excluding hydrogens is 222 g/mol. The maximum atomic E-state index is 13.7. The Labute approximate surface area is 98.7 Å². The second kappa shape index (κ2) is 4.28. The van der Waals surface area contributed by atoms with Crippen LogP contribution >= 0.6 is 0 Å². The Morgan fingerprint density at radius 3 is 2.47 bits per heavy atom. The van der Waals surface area contributed by atoms with Crippen molar-refractivity contribution >= 4 is 16.6 Å². The van der Waals surface area contributed by atoms with Gasteiger partial charge >= 0.3 is 0 Å². The lowest BCUT2D eigenvalue weighted by molar-refractivity contribution is 0.590. The molecule has 0 amide bonds. The fraction of sp³-hybridized carbons (Fsp3) is 0.308. The Bertz CT molecular complexity index is 565. The van der Waals surface area contributed by atoms with E-state index in [-0.39, 0.29) is 11.4 Å². The Kier molecular flexibility index (Phi) is 2.96. The summed E-state index contributed by atoms with van der Waals surface area (Å²) in [6.07, 6.45) is 0. The number of nitrogens with one attached hydrogen (secondary N) is 1. The van der Waals surface area contributed by atoms with E-state index < -0.39 is 11.6 Å². The van der Waals surface area contributed by atoms with E-state index in [1.807, 2.05) is 19.9 Å². The molecule has 0 aliphatic carbocycles. The summed E-state index contributed by atoms with van der Waals surface area (Å²) in [6.45, 7) is 3.96. The molecule has 1 aromatic heterocycles. The lowest BCUT2D eigenvalue weighted by Crippen LogP contribution is -2.00. The summed E-state index contributed by atoms with van der Waals surface area (Å²) in [5.41, 5.74) is 1.69. The van der Waals surface area contributed by atoms with Crippen LogP contribution in [-0.2, 0) is 0 Å². The summed E-state index contributed by atoms with van der Waals surface area (Å²) in [4.78, 5) is 4.24. The van der Waals surface area contributed by atoms with Crippen LogP contribution in [0.3, 0.4) is 0 Å². The number of halogens is 2. The van der Waals surface area contributed by atoms with E-state index in [1.54, 1.807) is 7.05 Å². The molecule has 0 aliphatic rings. The maximum absolute atomic E-state index is 13.7. The Morgan fingerprint density at radius 2 is 1.88 bits per heavy atom. The van der Waals surface area contributed by atoms with Crippen LogP contribution in [-0.4, -0.2) is 12.0 Å². The minimum atomic E-state index is -0.626. The molecule has 2 nitrogen and oxygen atoms in total. The van der Waals surface area contributed by atoms with Crippen LogP contribution in [0.4, 0.5) is 14.5 Å². The van der Waals surface area contributed by atoms with Crippen molar-refractivity contribution in [3.8, 4) is 0 Å². The zero-order valence-electron chi connectivity index (χ0n) is 10.0. The molecule has 0 unspecified atom stereocenters. The van der Waals surface area contributed by atoms with E-state index in [0.717, 1.165) is 11.8 Å². The third-order valence-electron chi connectivity index (χ3n) is 2.71. The molecule has 0 atom stereocenters. The number of hydrogen-bond donors (Lipinski definition) is 1. The first-order valence-electron chi connectivity index (χ1n) is 5.50. The lowest BCUT2D eigenvalue weighted by Gasteiger charge is -2.11. The zero-order valence-corrected chi connectivity index (χ0v) is 10.0. The Balaban J connectivity index is 2.82. The number of anilines is 1. The minimum Gasteiger partial charge on any atom is -0.388 e. The molecule has 0 saturated heterocycles. The molecule has 0 bridgehead atoms. The van der Waals surface area contributed by atoms with Crippen LogP contribution in [0.15, 0.2) is 18.2 Å². The van der Waals surface area contributed by atoms with Crippen molar-refractivity contribution in [3.05, 3.63) is 35.5 Å². The van der Waals surface area contributed by atoms with Crippen molar-refractivity contribution in [2.24, 2.45) is 0 Å². The average molecular weight is 236 g/mol. The summed E-state index contributed by atoms with van der Waals surface area (Å²) in [7, 11) is 1.72. The number of aromatic nitrogens is 1. The number of pyridine rings is 1. The minimum absolute atomic E-state index is 0.191. The van der Waals surface area contributed by atoms with Crippen LogP contribution in [0.1, 0.15) is 25.5 Å². The predicted octanol–water partition coefficient (Wildman–Crippen LogP) is 3.68. The molecule has 0 radical (unpaired) electrons. The smallest absolute Gasteiger partial charge is 0.152 e. The van der Waals surface area contributed by atoms with E-state index in [0.29, 0.717) is 11.1 Å². The molecule has 0 spiro atoms. The molecule has 0 fully saturated rings. The van der Waals surface area contributed by atoms with E-state index >= 15 is 0 Å². The van der Waals surface area contributed by atoms with Crippen molar-refractivity contribution in [2.75, 3.05) is 12.4 Å². The van der Waals surface area contributed by atoms with Gasteiger partial charge in [-0.05, 0) is 18.1 Å².